The van der Waals surface area contributed by atoms with Crippen molar-refractivity contribution in [1.29, 1.82) is 0 Å². The van der Waals surface area contributed by atoms with Gasteiger partial charge in [0.25, 0.3) is 11.8 Å². The minimum absolute atomic E-state index is 0.00338. The van der Waals surface area contributed by atoms with Crippen LogP contribution in [-0.4, -0.2) is 98.4 Å². The maximum atomic E-state index is 15.0. The lowest BCUT2D eigenvalue weighted by molar-refractivity contribution is -0.143. The van der Waals surface area contributed by atoms with Gasteiger partial charge >= 0.3 is 5.97 Å². The maximum Gasteiger partial charge on any atom is 0.328 e. The summed E-state index contributed by atoms with van der Waals surface area (Å²) in [5, 5.41) is 24.2. The molecule has 1 aromatic heterocycles. The number of nitrogens with one attached hydrogen (secondary N) is 2. The van der Waals surface area contributed by atoms with Crippen molar-refractivity contribution >= 4 is 35.5 Å². The SMILES string of the molecule is CC(C)(C)C(c1cc(-c2cc(F)ccc2F)cn1Cc1ccccc1)N(CCC(N)C(=O)N[C@@H](CNC(=O)CN1C(=O)C=CC1=O)C(=O)O)C(=O)CO. The van der Waals surface area contributed by atoms with Crippen molar-refractivity contribution in [3.63, 3.8) is 0 Å². The van der Waals surface area contributed by atoms with Gasteiger partial charge in [0.05, 0.1) is 12.1 Å². The number of benzene rings is 2. The van der Waals surface area contributed by atoms with E-state index in [1.807, 2.05) is 55.7 Å². The molecule has 282 valence electrons. The first-order valence-corrected chi connectivity index (χ1v) is 16.7. The molecule has 0 bridgehead atoms. The van der Waals surface area contributed by atoms with Gasteiger partial charge < -0.3 is 36.0 Å². The number of carbonyl (C=O) groups excluding carboxylic acids is 5. The summed E-state index contributed by atoms with van der Waals surface area (Å²) in [5.74, 6) is -6.67. The molecular formula is C37H42F2N6O8. The molecule has 6 N–H and O–H groups in total. The standard InChI is InChI=1S/C37H42F2N6O8/c1-37(2,3)34(29-15-23(25-16-24(38)9-10-26(25)39)19-43(29)18-22-7-5-4-6-8-22)44(33(50)21-46)14-13-27(40)35(51)42-28(36(52)53)17-41-30(47)20-45-31(48)11-12-32(45)49/h4-12,15-16,19,27-28,34,46H,13-14,17-18,20-21,40H2,1-3H3,(H,41,47)(H,42,51)(H,52,53)/t27?,28-,34?/m0/s1. The highest BCUT2D eigenvalue weighted by molar-refractivity contribution is 6.14. The molecule has 0 radical (unpaired) electrons. The summed E-state index contributed by atoms with van der Waals surface area (Å²) in [7, 11) is 0. The number of halogens is 2. The minimum atomic E-state index is -1.64. The normalized spacial score (nSPS) is 14.5. The Bertz CT molecular complexity index is 1870. The lowest BCUT2D eigenvalue weighted by atomic mass is 9.82. The Kier molecular flexibility index (Phi) is 13.0. The molecule has 0 aliphatic carbocycles. The smallest absolute Gasteiger partial charge is 0.328 e. The first kappa shape index (κ1) is 40.0. The number of aliphatic hydroxyl groups excluding tert-OH is 1. The zero-order chi connectivity index (χ0) is 39.0. The first-order valence-electron chi connectivity index (χ1n) is 16.7. The number of nitrogens with zero attached hydrogens (tertiary/aromatic N) is 3. The van der Waals surface area contributed by atoms with Gasteiger partial charge in [-0.2, -0.15) is 0 Å². The molecule has 16 heteroatoms. The Morgan fingerprint density at radius 1 is 0.981 bits per heavy atom. The fourth-order valence-electron chi connectivity index (χ4n) is 5.99. The summed E-state index contributed by atoms with van der Waals surface area (Å²) >= 11 is 0. The monoisotopic (exact) mass is 736 g/mol. The molecule has 0 fully saturated rings. The van der Waals surface area contributed by atoms with Crippen molar-refractivity contribution in [3.05, 3.63) is 95.8 Å². The van der Waals surface area contributed by atoms with Gasteiger partial charge in [-0.3, -0.25) is 28.9 Å². The van der Waals surface area contributed by atoms with Gasteiger partial charge in [0.15, 0.2) is 0 Å². The van der Waals surface area contributed by atoms with Gasteiger partial charge in [0.2, 0.25) is 17.7 Å². The van der Waals surface area contributed by atoms with Gasteiger partial charge in [0.1, 0.15) is 30.8 Å². The van der Waals surface area contributed by atoms with Crippen LogP contribution in [0.2, 0.25) is 0 Å². The number of amides is 5. The second kappa shape index (κ2) is 17.2. The van der Waals surface area contributed by atoms with Gasteiger partial charge in [-0.25, -0.2) is 13.6 Å². The summed E-state index contributed by atoms with van der Waals surface area (Å²) in [6, 6.07) is 10.3. The van der Waals surface area contributed by atoms with E-state index in [1.165, 1.54) is 4.90 Å². The van der Waals surface area contributed by atoms with Crippen molar-refractivity contribution in [2.75, 3.05) is 26.2 Å². The predicted molar refractivity (Wildman–Crippen MR) is 187 cm³/mol. The molecule has 0 saturated heterocycles. The largest absolute Gasteiger partial charge is 0.480 e. The van der Waals surface area contributed by atoms with E-state index in [4.69, 9.17) is 5.73 Å². The third kappa shape index (κ3) is 10.2. The average molecular weight is 737 g/mol. The molecule has 1 aliphatic heterocycles. The molecular weight excluding hydrogens is 694 g/mol. The van der Waals surface area contributed by atoms with Crippen molar-refractivity contribution in [1.82, 2.24) is 25.0 Å². The summed E-state index contributed by atoms with van der Waals surface area (Å²) in [5.41, 5.74) is 7.18. The van der Waals surface area contributed by atoms with Gasteiger partial charge in [-0.1, -0.05) is 51.1 Å². The molecule has 1 aliphatic rings. The highest BCUT2D eigenvalue weighted by Crippen LogP contribution is 2.41. The fraction of sp³-hybridized carbons (Fsp3) is 0.351. The molecule has 2 unspecified atom stereocenters. The van der Waals surface area contributed by atoms with Crippen molar-refractivity contribution in [2.45, 2.75) is 51.9 Å². The molecule has 0 spiro atoms. The van der Waals surface area contributed by atoms with Gasteiger partial charge in [-0.15, -0.1) is 0 Å². The summed E-state index contributed by atoms with van der Waals surface area (Å²) in [6.45, 7) is 3.51. The molecule has 14 nitrogen and oxygen atoms in total. The fourth-order valence-corrected chi connectivity index (χ4v) is 5.99. The van der Waals surface area contributed by atoms with E-state index in [0.29, 0.717) is 16.2 Å². The van der Waals surface area contributed by atoms with Crippen LogP contribution < -0.4 is 16.4 Å². The van der Waals surface area contributed by atoms with Crippen LogP contribution in [0, 0.1) is 17.0 Å². The number of aliphatic carboxylic acids is 1. The number of carboxylic acid groups (broad SMARTS) is 1. The topological polar surface area (TPSA) is 204 Å². The van der Waals surface area contributed by atoms with E-state index in [-0.39, 0.29) is 25.1 Å². The number of imide groups is 1. The van der Waals surface area contributed by atoms with E-state index >= 15 is 4.39 Å². The lowest BCUT2D eigenvalue weighted by Gasteiger charge is -2.41. The third-order valence-electron chi connectivity index (χ3n) is 8.57. The van der Waals surface area contributed by atoms with Crippen LogP contribution >= 0.6 is 0 Å². The van der Waals surface area contributed by atoms with Gasteiger partial charge in [-0.05, 0) is 41.7 Å². The van der Waals surface area contributed by atoms with Crippen molar-refractivity contribution in [3.8, 4) is 11.1 Å². The second-order valence-electron chi connectivity index (χ2n) is 13.6. The highest BCUT2D eigenvalue weighted by atomic mass is 19.1. The average Bonchev–Trinajstić information content (AvgIpc) is 3.65. The lowest BCUT2D eigenvalue weighted by Crippen LogP contribution is -2.54. The van der Waals surface area contributed by atoms with E-state index in [2.05, 4.69) is 10.6 Å². The second-order valence-corrected chi connectivity index (χ2v) is 13.6. The zero-order valence-corrected chi connectivity index (χ0v) is 29.4. The number of carbonyl (C=O) groups is 6. The van der Waals surface area contributed by atoms with Crippen LogP contribution in [0.4, 0.5) is 8.78 Å². The third-order valence-corrected chi connectivity index (χ3v) is 8.57. The number of hydrogen-bond donors (Lipinski definition) is 5. The summed E-state index contributed by atoms with van der Waals surface area (Å²) in [6.07, 6.45) is 3.44. The molecule has 2 heterocycles. The Balaban J connectivity index is 1.56. The predicted octanol–water partition coefficient (Wildman–Crippen LogP) is 1.72. The maximum absolute atomic E-state index is 15.0. The van der Waals surface area contributed by atoms with Crippen LogP contribution in [0.5, 0.6) is 0 Å². The minimum Gasteiger partial charge on any atom is -0.480 e. The number of aliphatic hydroxyl groups is 1. The quantitative estimate of drug-likeness (QED) is 0.136. The van der Waals surface area contributed by atoms with Crippen molar-refractivity contribution < 1.29 is 47.8 Å². The summed E-state index contributed by atoms with van der Waals surface area (Å²) < 4.78 is 31.1. The van der Waals surface area contributed by atoms with E-state index in [0.717, 1.165) is 35.9 Å². The molecule has 0 saturated carbocycles. The number of rotatable bonds is 16. The number of hydrogen-bond acceptors (Lipinski definition) is 8. The van der Waals surface area contributed by atoms with E-state index in [9.17, 15) is 43.4 Å². The first-order chi connectivity index (χ1) is 25.0. The molecule has 4 rings (SSSR count). The Morgan fingerprint density at radius 2 is 1.64 bits per heavy atom. The number of aromatic nitrogens is 1. The van der Waals surface area contributed by atoms with E-state index < -0.39 is 90.4 Å². The molecule has 3 atom stereocenters. The van der Waals surface area contributed by atoms with Crippen molar-refractivity contribution in [2.24, 2.45) is 11.1 Å². The van der Waals surface area contributed by atoms with E-state index in [1.54, 1.807) is 12.3 Å². The van der Waals surface area contributed by atoms with Crippen LogP contribution in [0.3, 0.4) is 0 Å². The van der Waals surface area contributed by atoms with Crippen LogP contribution in [0.1, 0.15) is 44.5 Å². The Labute approximate surface area is 304 Å². The van der Waals surface area contributed by atoms with Crippen LogP contribution in [0.15, 0.2) is 72.9 Å². The zero-order valence-electron chi connectivity index (χ0n) is 29.4. The number of nitrogens with two attached hydrogens (primary N) is 1. The summed E-state index contributed by atoms with van der Waals surface area (Å²) in [4.78, 5) is 76.2. The number of carboxylic acids is 1. The highest BCUT2D eigenvalue weighted by Gasteiger charge is 2.38. The van der Waals surface area contributed by atoms with Crippen LogP contribution in [-0.2, 0) is 35.3 Å². The Morgan fingerprint density at radius 3 is 2.25 bits per heavy atom. The van der Waals surface area contributed by atoms with Gasteiger partial charge in [0, 0.05) is 54.8 Å². The molecule has 53 heavy (non-hydrogen) atoms. The molecule has 2 aromatic carbocycles. The molecule has 3 aromatic rings. The van der Waals surface area contributed by atoms with Crippen LogP contribution in [0.25, 0.3) is 11.1 Å². The Hall–Kier alpha value is -5.74. The molecule has 5 amide bonds.